The van der Waals surface area contributed by atoms with Crippen LogP contribution in [0.25, 0.3) is 0 Å². The van der Waals surface area contributed by atoms with Crippen LogP contribution in [0.1, 0.15) is 28.1 Å². The Balaban J connectivity index is 1.97. The number of nitrogens with one attached hydrogen (secondary N) is 2. The number of amides is 2. The van der Waals surface area contributed by atoms with Crippen molar-refractivity contribution in [2.45, 2.75) is 30.7 Å². The van der Waals surface area contributed by atoms with E-state index < -0.39 is 44.4 Å². The lowest BCUT2D eigenvalue weighted by Crippen LogP contribution is -2.49. The van der Waals surface area contributed by atoms with Gasteiger partial charge in [-0.25, -0.2) is 13.2 Å². The van der Waals surface area contributed by atoms with Crippen LogP contribution in [0.5, 0.6) is 11.5 Å². The number of aryl methyl sites for hydroxylation is 1. The molecular formula is C23H25ClN4O4S. The molecule has 2 aromatic carbocycles. The monoisotopic (exact) mass is 491 g/mol. The molecule has 174 valence electrons. The van der Waals surface area contributed by atoms with Crippen molar-refractivity contribution in [1.29, 1.82) is 5.26 Å². The van der Waals surface area contributed by atoms with Crippen molar-refractivity contribution in [3.63, 3.8) is 0 Å². The third-order valence-corrected chi connectivity index (χ3v) is 6.95. The highest BCUT2D eigenvalue weighted by atomic mass is 35.5. The van der Waals surface area contributed by atoms with Crippen LogP contribution in [-0.4, -0.2) is 44.4 Å². The molecule has 0 bridgehead atoms. The molecule has 2 N–H and O–H groups in total. The van der Waals surface area contributed by atoms with Gasteiger partial charge in [0.05, 0.1) is 15.7 Å². The van der Waals surface area contributed by atoms with E-state index in [1.165, 1.54) is 12.1 Å². The topological polar surface area (TPSA) is 112 Å². The molecule has 2 aromatic rings. The smallest absolute Gasteiger partial charge is 0.315 e. The van der Waals surface area contributed by atoms with Gasteiger partial charge in [0, 0.05) is 30.7 Å². The van der Waals surface area contributed by atoms with E-state index in [0.29, 0.717) is 30.0 Å². The van der Waals surface area contributed by atoms with Gasteiger partial charge in [0.2, 0.25) is 10.0 Å². The number of halogens is 1. The highest BCUT2D eigenvalue weighted by Gasteiger charge is 2.32. The average Bonchev–Trinajstić information content (AvgIpc) is 2.81. The summed E-state index contributed by atoms with van der Waals surface area (Å²) >= 11 is 6.09. The van der Waals surface area contributed by atoms with Crippen LogP contribution in [0, 0.1) is 18.3 Å². The van der Waals surface area contributed by atoms with E-state index in [2.05, 4.69) is 17.2 Å². The zero-order chi connectivity index (χ0) is 26.6. The SMILES string of the molecule is [2H]c1c([2H])c(Oc2cc(C)cc(Cl)c2)c(S(=O)(=O)N2CCC(NC(=O)NCC=C)CC2)c([2H])c1C#N. The van der Waals surface area contributed by atoms with Gasteiger partial charge in [0.25, 0.3) is 0 Å². The number of nitrogens with zero attached hydrogens (tertiary/aromatic N) is 2. The van der Waals surface area contributed by atoms with Gasteiger partial charge in [-0.3, -0.25) is 0 Å². The second kappa shape index (κ2) is 10.7. The van der Waals surface area contributed by atoms with Crippen LogP contribution in [0.3, 0.4) is 0 Å². The minimum Gasteiger partial charge on any atom is -0.456 e. The number of hydrogen-bond acceptors (Lipinski definition) is 5. The molecule has 0 atom stereocenters. The lowest BCUT2D eigenvalue weighted by atomic mass is 10.1. The van der Waals surface area contributed by atoms with Crippen LogP contribution in [0.2, 0.25) is 5.02 Å². The summed E-state index contributed by atoms with van der Waals surface area (Å²) in [5.41, 5.74) is 0.176. The molecule has 1 aliphatic rings. The van der Waals surface area contributed by atoms with E-state index in [-0.39, 0.29) is 30.9 Å². The molecule has 2 amide bonds. The normalized spacial score (nSPS) is 16.1. The minimum atomic E-state index is -4.41. The number of sulfonamides is 1. The maximum atomic E-state index is 13.7. The summed E-state index contributed by atoms with van der Waals surface area (Å²) in [6, 6.07) is 3.71. The van der Waals surface area contributed by atoms with Crippen LogP contribution >= 0.6 is 11.6 Å². The largest absolute Gasteiger partial charge is 0.456 e. The fourth-order valence-corrected chi connectivity index (χ4v) is 5.12. The second-order valence-electron chi connectivity index (χ2n) is 7.41. The fraction of sp³-hybridized carbons (Fsp3) is 0.304. The molecular weight excluding hydrogens is 464 g/mol. The van der Waals surface area contributed by atoms with E-state index in [9.17, 15) is 18.5 Å². The number of urea groups is 1. The molecule has 1 fully saturated rings. The van der Waals surface area contributed by atoms with Gasteiger partial charge in [-0.05, 0) is 61.7 Å². The number of benzene rings is 2. The van der Waals surface area contributed by atoms with E-state index in [1.54, 1.807) is 25.1 Å². The maximum absolute atomic E-state index is 13.7. The summed E-state index contributed by atoms with van der Waals surface area (Å²) in [5.74, 6) is -0.392. The van der Waals surface area contributed by atoms with Crippen molar-refractivity contribution in [2.24, 2.45) is 0 Å². The Labute approximate surface area is 203 Å². The zero-order valence-corrected chi connectivity index (χ0v) is 19.5. The van der Waals surface area contributed by atoms with Crippen molar-refractivity contribution in [3.8, 4) is 17.6 Å². The molecule has 0 aromatic heterocycles. The summed E-state index contributed by atoms with van der Waals surface area (Å²) in [7, 11) is -4.41. The van der Waals surface area contributed by atoms with Crippen LogP contribution < -0.4 is 15.4 Å². The average molecular weight is 492 g/mol. The molecule has 33 heavy (non-hydrogen) atoms. The molecule has 0 aliphatic carbocycles. The first-order valence-corrected chi connectivity index (χ1v) is 12.0. The highest BCUT2D eigenvalue weighted by molar-refractivity contribution is 7.89. The maximum Gasteiger partial charge on any atom is 0.315 e. The third-order valence-electron chi connectivity index (χ3n) is 4.89. The highest BCUT2D eigenvalue weighted by Crippen LogP contribution is 2.34. The molecule has 0 saturated carbocycles. The lowest BCUT2D eigenvalue weighted by molar-refractivity contribution is 0.228. The van der Waals surface area contributed by atoms with Gasteiger partial charge in [-0.15, -0.1) is 6.58 Å². The predicted octanol–water partition coefficient (Wildman–Crippen LogP) is 3.95. The second-order valence-corrected chi connectivity index (χ2v) is 9.72. The zero-order valence-electron chi connectivity index (χ0n) is 20.9. The number of ether oxygens (including phenoxy) is 1. The molecule has 3 rings (SSSR count). The number of hydrogen-bond donors (Lipinski definition) is 2. The van der Waals surface area contributed by atoms with Crippen molar-refractivity contribution in [3.05, 3.63) is 65.1 Å². The summed E-state index contributed by atoms with van der Waals surface area (Å²) < 4.78 is 59.2. The van der Waals surface area contributed by atoms with Gasteiger partial charge in [-0.2, -0.15) is 9.57 Å². The third kappa shape index (κ3) is 6.26. The van der Waals surface area contributed by atoms with E-state index in [1.807, 2.05) is 0 Å². The van der Waals surface area contributed by atoms with Crippen molar-refractivity contribution in [2.75, 3.05) is 19.6 Å². The van der Waals surface area contributed by atoms with Gasteiger partial charge >= 0.3 is 6.03 Å². The first-order chi connectivity index (χ1) is 17.0. The first-order valence-electron chi connectivity index (χ1n) is 11.6. The van der Waals surface area contributed by atoms with Gasteiger partial charge < -0.3 is 15.4 Å². The Bertz CT molecular complexity index is 1320. The summed E-state index contributed by atoms with van der Waals surface area (Å²) in [6.45, 7) is 5.63. The summed E-state index contributed by atoms with van der Waals surface area (Å²) in [6.07, 6.45) is 2.16. The van der Waals surface area contributed by atoms with E-state index in [4.69, 9.17) is 20.5 Å². The number of nitriles is 1. The van der Waals surface area contributed by atoms with Crippen molar-refractivity contribution in [1.82, 2.24) is 14.9 Å². The number of carbonyl (C=O) groups excluding carboxylic acids is 1. The first kappa shape index (κ1) is 20.5. The fourth-order valence-electron chi connectivity index (χ4n) is 3.34. The molecule has 0 radical (unpaired) electrons. The lowest BCUT2D eigenvalue weighted by Gasteiger charge is -2.32. The molecule has 1 heterocycles. The number of rotatable bonds is 7. The van der Waals surface area contributed by atoms with Gasteiger partial charge in [0.1, 0.15) is 16.4 Å². The Morgan fingerprint density at radius 3 is 2.76 bits per heavy atom. The molecule has 1 saturated heterocycles. The molecule has 10 heteroatoms. The van der Waals surface area contributed by atoms with Crippen LogP contribution in [0.4, 0.5) is 4.79 Å². The van der Waals surface area contributed by atoms with Crippen LogP contribution in [0.15, 0.2) is 53.9 Å². The van der Waals surface area contributed by atoms with Crippen molar-refractivity contribution < 1.29 is 22.1 Å². The van der Waals surface area contributed by atoms with Gasteiger partial charge in [-0.1, -0.05) is 17.7 Å². The molecule has 0 unspecified atom stereocenters. The van der Waals surface area contributed by atoms with Crippen molar-refractivity contribution >= 4 is 27.7 Å². The molecule has 8 nitrogen and oxygen atoms in total. The standard InChI is InChI=1S/C23H25ClN4O4S/c1-3-8-26-23(29)27-19-6-9-28(10-7-19)33(30,31)22-13-17(15-25)4-5-21(22)32-20-12-16(2)11-18(24)14-20/h3-5,11-14,19H,1,6-10H2,2H3,(H2,26,27,29)/i4D,5D,13D. The Morgan fingerprint density at radius 2 is 2.12 bits per heavy atom. The number of carbonyl (C=O) groups is 1. The van der Waals surface area contributed by atoms with E-state index >= 15 is 0 Å². The van der Waals surface area contributed by atoms with E-state index in [0.717, 1.165) is 4.31 Å². The minimum absolute atomic E-state index is 0.0295. The quantitative estimate of drug-likeness (QED) is 0.569. The number of piperidine rings is 1. The Hall–Kier alpha value is -3.06. The Kier molecular flexibility index (Phi) is 6.66. The van der Waals surface area contributed by atoms with Gasteiger partial charge in [0.15, 0.2) is 0 Å². The summed E-state index contributed by atoms with van der Waals surface area (Å²) in [5, 5.41) is 15.2. The summed E-state index contributed by atoms with van der Waals surface area (Å²) in [4.78, 5) is 11.2. The Morgan fingerprint density at radius 1 is 1.39 bits per heavy atom. The molecule has 1 aliphatic heterocycles. The molecule has 0 spiro atoms. The predicted molar refractivity (Wildman–Crippen MR) is 126 cm³/mol. The van der Waals surface area contributed by atoms with Crippen LogP contribution in [-0.2, 0) is 10.0 Å².